The summed E-state index contributed by atoms with van der Waals surface area (Å²) in [4.78, 5) is 20.0. The van der Waals surface area contributed by atoms with Crippen LogP contribution in [0.4, 0.5) is 4.79 Å². The number of carbonyl (C=O) groups excluding carboxylic acids is 1. The zero-order chi connectivity index (χ0) is 14.4. The average Bonchev–Trinajstić information content (AvgIpc) is 2.45. The van der Waals surface area contributed by atoms with E-state index in [-0.39, 0.29) is 6.03 Å². The van der Waals surface area contributed by atoms with Crippen molar-refractivity contribution in [2.45, 2.75) is 26.9 Å². The standard InChI is InChI=1S/C15H18N4O/c1-11-4-3-5-13(6-11)8-18-15(20)19-10-14-9-16-12(2)7-17-14/h3-7,9H,8,10H2,1-2H3,(H2,18,19,20). The summed E-state index contributed by atoms with van der Waals surface area (Å²) < 4.78 is 0. The van der Waals surface area contributed by atoms with Crippen LogP contribution in [0.2, 0.25) is 0 Å². The number of nitrogens with zero attached hydrogens (tertiary/aromatic N) is 2. The lowest BCUT2D eigenvalue weighted by molar-refractivity contribution is 0.240. The molecule has 0 aliphatic heterocycles. The van der Waals surface area contributed by atoms with E-state index in [9.17, 15) is 4.79 Å². The molecule has 0 aliphatic carbocycles. The zero-order valence-corrected chi connectivity index (χ0v) is 11.7. The number of amides is 2. The summed E-state index contributed by atoms with van der Waals surface area (Å²) in [6.07, 6.45) is 3.35. The van der Waals surface area contributed by atoms with Crippen LogP contribution < -0.4 is 10.6 Å². The summed E-state index contributed by atoms with van der Waals surface area (Å²) in [6, 6.07) is 7.82. The van der Waals surface area contributed by atoms with E-state index in [2.05, 4.69) is 20.6 Å². The molecule has 0 atom stereocenters. The van der Waals surface area contributed by atoms with E-state index in [0.717, 1.165) is 17.0 Å². The van der Waals surface area contributed by atoms with E-state index in [1.807, 2.05) is 38.1 Å². The van der Waals surface area contributed by atoms with E-state index in [1.165, 1.54) is 5.56 Å². The average molecular weight is 270 g/mol. The molecule has 20 heavy (non-hydrogen) atoms. The lowest BCUT2D eigenvalue weighted by Crippen LogP contribution is -2.34. The van der Waals surface area contributed by atoms with Gasteiger partial charge >= 0.3 is 6.03 Å². The van der Waals surface area contributed by atoms with Crippen LogP contribution in [-0.4, -0.2) is 16.0 Å². The first-order valence-corrected chi connectivity index (χ1v) is 6.48. The molecule has 0 aliphatic rings. The molecule has 2 rings (SSSR count). The van der Waals surface area contributed by atoms with Crippen LogP contribution in [-0.2, 0) is 13.1 Å². The fraction of sp³-hybridized carbons (Fsp3) is 0.267. The molecule has 1 aromatic carbocycles. The Hall–Kier alpha value is -2.43. The lowest BCUT2D eigenvalue weighted by Gasteiger charge is -2.08. The van der Waals surface area contributed by atoms with Gasteiger partial charge in [0.15, 0.2) is 0 Å². The number of nitrogens with one attached hydrogen (secondary N) is 2. The molecule has 0 saturated carbocycles. The van der Waals surface area contributed by atoms with Crippen molar-refractivity contribution in [1.82, 2.24) is 20.6 Å². The summed E-state index contributed by atoms with van der Waals surface area (Å²) >= 11 is 0. The van der Waals surface area contributed by atoms with Gasteiger partial charge < -0.3 is 10.6 Å². The van der Waals surface area contributed by atoms with Crippen molar-refractivity contribution in [3.8, 4) is 0 Å². The summed E-state index contributed by atoms with van der Waals surface area (Å²) in [7, 11) is 0. The predicted octanol–water partition coefficient (Wildman–Crippen LogP) is 2.09. The van der Waals surface area contributed by atoms with Crippen LogP contribution in [0.15, 0.2) is 36.7 Å². The molecule has 1 heterocycles. The Balaban J connectivity index is 1.77. The van der Waals surface area contributed by atoms with Crippen LogP contribution in [0.1, 0.15) is 22.5 Å². The van der Waals surface area contributed by atoms with E-state index in [1.54, 1.807) is 12.4 Å². The van der Waals surface area contributed by atoms with Gasteiger partial charge in [0, 0.05) is 12.7 Å². The number of hydrogen-bond acceptors (Lipinski definition) is 3. The molecule has 2 amide bonds. The highest BCUT2D eigenvalue weighted by Crippen LogP contribution is 2.03. The van der Waals surface area contributed by atoms with E-state index < -0.39 is 0 Å². The molecule has 5 nitrogen and oxygen atoms in total. The normalized spacial score (nSPS) is 10.1. The van der Waals surface area contributed by atoms with Crippen LogP contribution in [0.25, 0.3) is 0 Å². The zero-order valence-electron chi connectivity index (χ0n) is 11.7. The molecule has 0 radical (unpaired) electrons. The van der Waals surface area contributed by atoms with Gasteiger partial charge in [-0.25, -0.2) is 4.79 Å². The van der Waals surface area contributed by atoms with Gasteiger partial charge in [-0.2, -0.15) is 0 Å². The number of hydrogen-bond donors (Lipinski definition) is 2. The highest BCUT2D eigenvalue weighted by molar-refractivity contribution is 5.73. The second-order valence-corrected chi connectivity index (χ2v) is 4.67. The van der Waals surface area contributed by atoms with Gasteiger partial charge in [0.25, 0.3) is 0 Å². The quantitative estimate of drug-likeness (QED) is 0.894. The number of benzene rings is 1. The largest absolute Gasteiger partial charge is 0.334 e. The van der Waals surface area contributed by atoms with E-state index in [0.29, 0.717) is 13.1 Å². The van der Waals surface area contributed by atoms with Gasteiger partial charge in [-0.05, 0) is 19.4 Å². The molecule has 5 heteroatoms. The van der Waals surface area contributed by atoms with Crippen molar-refractivity contribution in [3.05, 3.63) is 59.2 Å². The van der Waals surface area contributed by atoms with Crippen molar-refractivity contribution < 1.29 is 4.79 Å². The molecular weight excluding hydrogens is 252 g/mol. The molecule has 0 unspecified atom stereocenters. The van der Waals surface area contributed by atoms with Crippen LogP contribution >= 0.6 is 0 Å². The topological polar surface area (TPSA) is 66.9 Å². The number of carbonyl (C=O) groups is 1. The van der Waals surface area contributed by atoms with E-state index in [4.69, 9.17) is 0 Å². The SMILES string of the molecule is Cc1cccc(CNC(=O)NCc2cnc(C)cn2)c1. The number of urea groups is 1. The van der Waals surface area contributed by atoms with Gasteiger partial charge in [0.05, 0.1) is 24.1 Å². The fourth-order valence-electron chi connectivity index (χ4n) is 1.75. The third kappa shape index (κ3) is 4.35. The Morgan fingerprint density at radius 3 is 2.60 bits per heavy atom. The van der Waals surface area contributed by atoms with Crippen LogP contribution in [0, 0.1) is 13.8 Å². The lowest BCUT2D eigenvalue weighted by atomic mass is 10.1. The first-order valence-electron chi connectivity index (χ1n) is 6.48. The number of rotatable bonds is 4. The second-order valence-electron chi connectivity index (χ2n) is 4.67. The summed E-state index contributed by atoms with van der Waals surface area (Å²) in [5.41, 5.74) is 3.86. The predicted molar refractivity (Wildman–Crippen MR) is 77.0 cm³/mol. The molecule has 0 fully saturated rings. The highest BCUT2D eigenvalue weighted by Gasteiger charge is 2.02. The maximum atomic E-state index is 11.7. The second kappa shape index (κ2) is 6.65. The van der Waals surface area contributed by atoms with Crippen LogP contribution in [0.5, 0.6) is 0 Å². The summed E-state index contributed by atoms with van der Waals surface area (Å²) in [6.45, 7) is 4.78. The molecule has 2 N–H and O–H groups in total. The van der Waals surface area contributed by atoms with Gasteiger partial charge in [0.2, 0.25) is 0 Å². The molecule has 0 bridgehead atoms. The monoisotopic (exact) mass is 270 g/mol. The minimum absolute atomic E-state index is 0.214. The fourth-order valence-corrected chi connectivity index (χ4v) is 1.75. The molecule has 0 saturated heterocycles. The van der Waals surface area contributed by atoms with Crippen molar-refractivity contribution in [2.75, 3.05) is 0 Å². The smallest absolute Gasteiger partial charge is 0.315 e. The first-order chi connectivity index (χ1) is 9.63. The third-order valence-corrected chi connectivity index (χ3v) is 2.80. The minimum Gasteiger partial charge on any atom is -0.334 e. The maximum Gasteiger partial charge on any atom is 0.315 e. The molecule has 2 aromatic rings. The molecular formula is C15H18N4O. The van der Waals surface area contributed by atoms with Gasteiger partial charge in [-0.1, -0.05) is 29.8 Å². The molecule has 1 aromatic heterocycles. The van der Waals surface area contributed by atoms with Crippen molar-refractivity contribution >= 4 is 6.03 Å². The van der Waals surface area contributed by atoms with Gasteiger partial charge in [-0.3, -0.25) is 9.97 Å². The van der Waals surface area contributed by atoms with Crippen molar-refractivity contribution in [2.24, 2.45) is 0 Å². The summed E-state index contributed by atoms with van der Waals surface area (Å²) in [5, 5.41) is 5.56. The Bertz CT molecular complexity index is 581. The van der Waals surface area contributed by atoms with Crippen LogP contribution in [0.3, 0.4) is 0 Å². The molecule has 104 valence electrons. The Morgan fingerprint density at radius 1 is 1.10 bits per heavy atom. The molecule has 0 spiro atoms. The van der Waals surface area contributed by atoms with E-state index >= 15 is 0 Å². The minimum atomic E-state index is -0.214. The van der Waals surface area contributed by atoms with Crippen molar-refractivity contribution in [3.63, 3.8) is 0 Å². The number of aryl methyl sites for hydroxylation is 2. The highest BCUT2D eigenvalue weighted by atomic mass is 16.2. The Morgan fingerprint density at radius 2 is 1.90 bits per heavy atom. The first kappa shape index (κ1) is 14.0. The van der Waals surface area contributed by atoms with Crippen molar-refractivity contribution in [1.29, 1.82) is 0 Å². The van der Waals surface area contributed by atoms with Gasteiger partial charge in [-0.15, -0.1) is 0 Å². The Labute approximate surface area is 118 Å². The number of aromatic nitrogens is 2. The summed E-state index contributed by atoms with van der Waals surface area (Å²) in [5.74, 6) is 0. The Kier molecular flexibility index (Phi) is 4.65. The maximum absolute atomic E-state index is 11.7. The van der Waals surface area contributed by atoms with Gasteiger partial charge in [0.1, 0.15) is 0 Å². The third-order valence-electron chi connectivity index (χ3n) is 2.80.